The second-order valence-corrected chi connectivity index (χ2v) is 7.79. The highest BCUT2D eigenvalue weighted by Gasteiger charge is 2.18. The second-order valence-electron chi connectivity index (χ2n) is 4.25. The van der Waals surface area contributed by atoms with E-state index in [-0.39, 0.29) is 11.4 Å². The fraction of sp³-hybridized carbons (Fsp3) is 0.231. The quantitative estimate of drug-likeness (QED) is 0.828. The van der Waals surface area contributed by atoms with Crippen molar-refractivity contribution in [3.05, 3.63) is 45.1 Å². The topological polar surface area (TPSA) is 72.2 Å². The Balaban J connectivity index is 2.24. The lowest BCUT2D eigenvalue weighted by atomic mass is 10.1. The minimum absolute atomic E-state index is 0.220. The Bertz CT molecular complexity index is 711. The number of thiophene rings is 1. The average Bonchev–Trinajstić information content (AvgIpc) is 2.82. The molecule has 0 amide bonds. The first kappa shape index (κ1) is 15.3. The molecular formula is C13H15ClN2O2S2. The Labute approximate surface area is 127 Å². The van der Waals surface area contributed by atoms with Crippen LogP contribution in [0.5, 0.6) is 0 Å². The van der Waals surface area contributed by atoms with Crippen LogP contribution in [0.25, 0.3) is 0 Å². The number of sulfonamides is 1. The summed E-state index contributed by atoms with van der Waals surface area (Å²) in [6.45, 7) is 2.13. The van der Waals surface area contributed by atoms with Gasteiger partial charge in [0.05, 0.1) is 9.23 Å². The van der Waals surface area contributed by atoms with E-state index < -0.39 is 10.0 Å². The largest absolute Gasteiger partial charge is 0.399 e. The summed E-state index contributed by atoms with van der Waals surface area (Å²) < 4.78 is 27.9. The van der Waals surface area contributed by atoms with Crippen molar-refractivity contribution in [3.8, 4) is 0 Å². The number of nitrogens with two attached hydrogens (primary N) is 1. The summed E-state index contributed by atoms with van der Waals surface area (Å²) in [5.41, 5.74) is 6.86. The highest BCUT2D eigenvalue weighted by atomic mass is 35.5. The average molecular weight is 331 g/mol. The van der Waals surface area contributed by atoms with Crippen molar-refractivity contribution in [3.63, 3.8) is 0 Å². The summed E-state index contributed by atoms with van der Waals surface area (Å²) in [5, 5.41) is 0. The minimum atomic E-state index is -3.58. The van der Waals surface area contributed by atoms with Crippen molar-refractivity contribution in [2.45, 2.75) is 24.8 Å². The molecule has 0 aliphatic carbocycles. The van der Waals surface area contributed by atoms with Crippen LogP contribution in [0, 0.1) is 0 Å². The van der Waals surface area contributed by atoms with Crippen LogP contribution in [0.15, 0.2) is 35.2 Å². The van der Waals surface area contributed by atoms with Gasteiger partial charge >= 0.3 is 0 Å². The number of rotatable bonds is 5. The van der Waals surface area contributed by atoms with Gasteiger partial charge in [0, 0.05) is 17.1 Å². The van der Waals surface area contributed by atoms with Crippen LogP contribution >= 0.6 is 22.9 Å². The van der Waals surface area contributed by atoms with Crippen molar-refractivity contribution in [1.82, 2.24) is 4.72 Å². The summed E-state index contributed by atoms with van der Waals surface area (Å²) in [5.74, 6) is 0. The van der Waals surface area contributed by atoms with Gasteiger partial charge in [-0.2, -0.15) is 0 Å². The zero-order valence-electron chi connectivity index (χ0n) is 10.9. The van der Waals surface area contributed by atoms with E-state index in [1.54, 1.807) is 24.3 Å². The van der Waals surface area contributed by atoms with E-state index in [2.05, 4.69) is 4.72 Å². The van der Waals surface area contributed by atoms with Gasteiger partial charge < -0.3 is 5.73 Å². The SMILES string of the molecule is CCc1ccc(N)cc1S(=O)(=O)NCc1ccc(Cl)s1. The molecule has 0 atom stereocenters. The summed E-state index contributed by atoms with van der Waals surface area (Å²) in [6, 6.07) is 8.48. The predicted octanol–water partition coefficient (Wildman–Crippen LogP) is 3.02. The van der Waals surface area contributed by atoms with Crippen molar-refractivity contribution >= 4 is 38.6 Å². The van der Waals surface area contributed by atoms with Crippen molar-refractivity contribution < 1.29 is 8.42 Å². The molecule has 0 saturated heterocycles. The summed E-state index contributed by atoms with van der Waals surface area (Å²) in [4.78, 5) is 1.10. The monoisotopic (exact) mass is 330 g/mol. The first-order valence-corrected chi connectivity index (χ1v) is 8.72. The van der Waals surface area contributed by atoms with Gasteiger partial charge in [-0.1, -0.05) is 24.6 Å². The van der Waals surface area contributed by atoms with Crippen LogP contribution < -0.4 is 10.5 Å². The smallest absolute Gasteiger partial charge is 0.241 e. The van der Waals surface area contributed by atoms with E-state index in [0.717, 1.165) is 10.4 Å². The van der Waals surface area contributed by atoms with Crippen LogP contribution in [0.3, 0.4) is 0 Å². The Morgan fingerprint density at radius 1 is 1.30 bits per heavy atom. The molecule has 3 N–H and O–H groups in total. The molecule has 0 saturated carbocycles. The molecule has 108 valence electrons. The molecule has 0 spiro atoms. The zero-order valence-corrected chi connectivity index (χ0v) is 13.3. The van der Waals surface area contributed by atoms with Gasteiger partial charge in [0.15, 0.2) is 0 Å². The molecule has 0 bridgehead atoms. The highest BCUT2D eigenvalue weighted by molar-refractivity contribution is 7.89. The van der Waals surface area contributed by atoms with Crippen LogP contribution in [0.4, 0.5) is 5.69 Å². The number of benzene rings is 1. The van der Waals surface area contributed by atoms with Gasteiger partial charge in [-0.3, -0.25) is 0 Å². The maximum absolute atomic E-state index is 12.3. The van der Waals surface area contributed by atoms with Gasteiger partial charge in [0.25, 0.3) is 0 Å². The Morgan fingerprint density at radius 3 is 2.65 bits per heavy atom. The van der Waals surface area contributed by atoms with Crippen molar-refractivity contribution in [2.24, 2.45) is 0 Å². The van der Waals surface area contributed by atoms with Crippen LogP contribution in [-0.2, 0) is 23.0 Å². The van der Waals surface area contributed by atoms with E-state index in [4.69, 9.17) is 17.3 Å². The van der Waals surface area contributed by atoms with Crippen molar-refractivity contribution in [2.75, 3.05) is 5.73 Å². The molecule has 0 radical (unpaired) electrons. The van der Waals surface area contributed by atoms with Gasteiger partial charge in [0.1, 0.15) is 0 Å². The molecule has 2 rings (SSSR count). The third-order valence-electron chi connectivity index (χ3n) is 2.83. The summed E-state index contributed by atoms with van der Waals surface area (Å²) in [7, 11) is -3.58. The number of nitrogen functional groups attached to an aromatic ring is 1. The molecule has 20 heavy (non-hydrogen) atoms. The highest BCUT2D eigenvalue weighted by Crippen LogP contribution is 2.23. The van der Waals surface area contributed by atoms with Crippen LogP contribution in [0.1, 0.15) is 17.4 Å². The fourth-order valence-corrected chi connectivity index (χ4v) is 4.27. The predicted molar refractivity (Wildman–Crippen MR) is 83.6 cm³/mol. The molecule has 0 aliphatic rings. The van der Waals surface area contributed by atoms with E-state index in [1.807, 2.05) is 6.92 Å². The maximum atomic E-state index is 12.3. The first-order valence-electron chi connectivity index (χ1n) is 6.04. The number of halogens is 1. The van der Waals surface area contributed by atoms with Crippen LogP contribution in [0.2, 0.25) is 4.34 Å². The Hall–Kier alpha value is -1.08. The normalized spacial score (nSPS) is 11.7. The summed E-state index contributed by atoms with van der Waals surface area (Å²) in [6.07, 6.45) is 0.626. The van der Waals surface area contributed by atoms with Gasteiger partial charge in [-0.05, 0) is 36.2 Å². The summed E-state index contributed by atoms with van der Waals surface area (Å²) >= 11 is 7.17. The second kappa shape index (κ2) is 6.13. The lowest BCUT2D eigenvalue weighted by Gasteiger charge is -2.10. The molecule has 2 aromatic rings. The molecule has 1 aromatic carbocycles. The standard InChI is InChI=1S/C13H15ClN2O2S2/c1-2-9-3-4-10(15)7-12(9)20(17,18)16-8-11-5-6-13(14)19-11/h3-7,16H,2,8,15H2,1H3. The molecule has 4 nitrogen and oxygen atoms in total. The number of hydrogen-bond donors (Lipinski definition) is 2. The van der Waals surface area contributed by atoms with Gasteiger partial charge in [0.2, 0.25) is 10.0 Å². The Kier molecular flexibility index (Phi) is 4.70. The third kappa shape index (κ3) is 3.52. The lowest BCUT2D eigenvalue weighted by molar-refractivity contribution is 0.580. The lowest BCUT2D eigenvalue weighted by Crippen LogP contribution is -2.24. The van der Waals surface area contributed by atoms with E-state index in [1.165, 1.54) is 17.4 Å². The number of anilines is 1. The van der Waals surface area contributed by atoms with E-state index in [0.29, 0.717) is 16.4 Å². The maximum Gasteiger partial charge on any atom is 0.241 e. The first-order chi connectivity index (χ1) is 9.42. The molecular weight excluding hydrogens is 316 g/mol. The molecule has 1 aromatic heterocycles. The van der Waals surface area contributed by atoms with Gasteiger partial charge in [-0.25, -0.2) is 13.1 Å². The van der Waals surface area contributed by atoms with Crippen LogP contribution in [-0.4, -0.2) is 8.42 Å². The molecule has 0 unspecified atom stereocenters. The number of aryl methyl sites for hydroxylation is 1. The van der Waals surface area contributed by atoms with E-state index >= 15 is 0 Å². The third-order valence-corrected chi connectivity index (χ3v) is 5.54. The molecule has 1 heterocycles. The Morgan fingerprint density at radius 2 is 2.05 bits per heavy atom. The molecule has 0 fully saturated rings. The molecule has 0 aliphatic heterocycles. The number of nitrogens with one attached hydrogen (secondary N) is 1. The fourth-order valence-electron chi connectivity index (χ4n) is 1.80. The molecule has 7 heteroatoms. The minimum Gasteiger partial charge on any atom is -0.399 e. The number of hydrogen-bond acceptors (Lipinski definition) is 4. The van der Waals surface area contributed by atoms with Crippen molar-refractivity contribution in [1.29, 1.82) is 0 Å². The van der Waals surface area contributed by atoms with Gasteiger partial charge in [-0.15, -0.1) is 11.3 Å². The zero-order chi connectivity index (χ0) is 14.8. The van der Waals surface area contributed by atoms with E-state index in [9.17, 15) is 8.42 Å².